The normalized spacial score (nSPS) is 53.2. The van der Waals surface area contributed by atoms with Gasteiger partial charge in [0, 0.05) is 50.0 Å². The number of ether oxygens (including phenoxy) is 8. The number of rotatable bonds is 8. The summed E-state index contributed by atoms with van der Waals surface area (Å²) in [7, 11) is 0. The lowest BCUT2D eigenvalue weighted by Gasteiger charge is -2.63. The molecule has 4 aliphatic carbocycles. The van der Waals surface area contributed by atoms with Crippen molar-refractivity contribution in [2.45, 2.75) is 204 Å². The average Bonchev–Trinajstić information content (AvgIpc) is 3.65. The number of carbonyl (C=O) groups excluding carboxylic acids is 2. The highest BCUT2D eigenvalue weighted by Gasteiger charge is 2.70. The second-order valence-corrected chi connectivity index (χ2v) is 19.5. The van der Waals surface area contributed by atoms with E-state index in [9.17, 15) is 35.1 Å². The van der Waals surface area contributed by atoms with Gasteiger partial charge in [-0.05, 0) is 94.5 Å². The van der Waals surface area contributed by atoms with Gasteiger partial charge in [-0.1, -0.05) is 13.8 Å². The fourth-order valence-electron chi connectivity index (χ4n) is 13.2. The zero-order chi connectivity index (χ0) is 41.5. The van der Waals surface area contributed by atoms with Gasteiger partial charge in [-0.25, -0.2) is 4.79 Å². The highest BCUT2D eigenvalue weighted by atomic mass is 16.7. The van der Waals surface area contributed by atoms with Crippen LogP contribution in [0.5, 0.6) is 0 Å². The number of cyclic esters (lactones) is 1. The first-order chi connectivity index (χ1) is 27.4. The highest BCUT2D eigenvalue weighted by molar-refractivity contribution is 5.85. The van der Waals surface area contributed by atoms with Gasteiger partial charge in [0.05, 0.1) is 48.3 Å². The Labute approximate surface area is 341 Å². The van der Waals surface area contributed by atoms with Gasteiger partial charge in [0.15, 0.2) is 18.9 Å². The SMILES string of the molecule is CC(=O)OC1CC(OC2C(O)CC(OC3C(O)CC(OC4CCC5(C)C(CCC6C5CCC5(C)C(C7=CC(=O)OC7)C(O)CC65O)C4)OC3C)OC2C)OC(C)C1O. The first-order valence-corrected chi connectivity index (χ1v) is 21.8. The maximum atomic E-state index is 12.6. The molecule has 328 valence electrons. The smallest absolute Gasteiger partial charge is 0.331 e. The molecule has 0 radical (unpaired) electrons. The molecule has 15 heteroatoms. The minimum Gasteiger partial charge on any atom is -0.459 e. The van der Waals surface area contributed by atoms with Gasteiger partial charge in [-0.2, -0.15) is 0 Å². The lowest BCUT2D eigenvalue weighted by molar-refractivity contribution is -0.336. The number of hydrogen-bond acceptors (Lipinski definition) is 15. The van der Waals surface area contributed by atoms with Crippen LogP contribution in [-0.2, 0) is 47.5 Å². The van der Waals surface area contributed by atoms with Gasteiger partial charge in [0.1, 0.15) is 31.0 Å². The Morgan fingerprint density at radius 2 is 1.38 bits per heavy atom. The monoisotopic (exact) mass is 822 g/mol. The van der Waals surface area contributed by atoms with E-state index in [0.717, 1.165) is 50.5 Å². The summed E-state index contributed by atoms with van der Waals surface area (Å²) in [6, 6.07) is 0. The summed E-state index contributed by atoms with van der Waals surface area (Å²) in [4.78, 5) is 23.5. The van der Waals surface area contributed by atoms with Crippen molar-refractivity contribution < 1.29 is 73.0 Å². The Balaban J connectivity index is 0.825. The summed E-state index contributed by atoms with van der Waals surface area (Å²) in [6.45, 7) is 11.2. The quantitative estimate of drug-likeness (QED) is 0.176. The topological polar surface area (TPSA) is 209 Å². The van der Waals surface area contributed by atoms with Crippen LogP contribution in [0.1, 0.15) is 112 Å². The molecule has 0 aromatic carbocycles. The zero-order valence-corrected chi connectivity index (χ0v) is 34.8. The molecule has 58 heavy (non-hydrogen) atoms. The van der Waals surface area contributed by atoms with Crippen LogP contribution in [0.4, 0.5) is 0 Å². The van der Waals surface area contributed by atoms with Crippen LogP contribution in [0, 0.1) is 34.5 Å². The van der Waals surface area contributed by atoms with E-state index in [4.69, 9.17) is 37.9 Å². The van der Waals surface area contributed by atoms with Gasteiger partial charge < -0.3 is 63.4 Å². The number of aliphatic hydroxyl groups excluding tert-OH is 4. The second-order valence-electron chi connectivity index (χ2n) is 19.5. The van der Waals surface area contributed by atoms with Gasteiger partial charge in [-0.3, -0.25) is 4.79 Å². The molecule has 15 nitrogen and oxygen atoms in total. The second kappa shape index (κ2) is 16.2. The Morgan fingerprint density at radius 1 is 0.759 bits per heavy atom. The predicted molar refractivity (Wildman–Crippen MR) is 202 cm³/mol. The number of fused-ring (bicyclic) bond motifs is 5. The lowest BCUT2D eigenvalue weighted by Crippen LogP contribution is -2.62. The van der Waals surface area contributed by atoms with Crippen LogP contribution >= 0.6 is 0 Å². The van der Waals surface area contributed by atoms with Crippen molar-refractivity contribution in [1.82, 2.24) is 0 Å². The van der Waals surface area contributed by atoms with Crippen molar-refractivity contribution >= 4 is 11.9 Å². The minimum atomic E-state index is -1.02. The van der Waals surface area contributed by atoms with Crippen molar-refractivity contribution in [1.29, 1.82) is 0 Å². The molecule has 4 saturated carbocycles. The summed E-state index contributed by atoms with van der Waals surface area (Å²) < 4.78 is 47.7. The van der Waals surface area contributed by atoms with E-state index in [1.807, 2.05) is 6.92 Å². The Hall–Kier alpha value is -1.76. The van der Waals surface area contributed by atoms with Crippen molar-refractivity contribution in [2.24, 2.45) is 34.5 Å². The van der Waals surface area contributed by atoms with Crippen LogP contribution < -0.4 is 0 Å². The fourth-order valence-corrected chi connectivity index (χ4v) is 13.2. The fraction of sp³-hybridized carbons (Fsp3) is 0.907. The molecule has 8 rings (SSSR count). The molecule has 0 spiro atoms. The van der Waals surface area contributed by atoms with Crippen molar-refractivity contribution in [3.8, 4) is 0 Å². The summed E-state index contributed by atoms with van der Waals surface area (Å²) in [5.74, 6) is -0.374. The molecule has 5 N–H and O–H groups in total. The molecule has 21 atom stereocenters. The first-order valence-electron chi connectivity index (χ1n) is 21.8. The maximum absolute atomic E-state index is 12.6. The van der Waals surface area contributed by atoms with Gasteiger partial charge in [0.2, 0.25) is 0 Å². The first kappa shape index (κ1) is 42.9. The Morgan fingerprint density at radius 3 is 1.98 bits per heavy atom. The third kappa shape index (κ3) is 7.60. The van der Waals surface area contributed by atoms with Gasteiger partial charge in [-0.15, -0.1) is 0 Å². The Bertz CT molecular complexity index is 1530. The number of hydrogen-bond donors (Lipinski definition) is 5. The maximum Gasteiger partial charge on any atom is 0.331 e. The molecule has 0 aromatic heterocycles. The van der Waals surface area contributed by atoms with E-state index in [-0.39, 0.29) is 55.2 Å². The third-order valence-corrected chi connectivity index (χ3v) is 16.1. The van der Waals surface area contributed by atoms with Crippen molar-refractivity contribution in [2.75, 3.05) is 6.61 Å². The molecule has 0 aromatic rings. The van der Waals surface area contributed by atoms with Crippen molar-refractivity contribution in [3.63, 3.8) is 0 Å². The van der Waals surface area contributed by atoms with Crippen LogP contribution in [0.15, 0.2) is 11.6 Å². The average molecular weight is 823 g/mol. The molecule has 7 fully saturated rings. The lowest BCUT2D eigenvalue weighted by atomic mass is 9.43. The zero-order valence-electron chi connectivity index (χ0n) is 34.8. The van der Waals surface area contributed by atoms with Crippen LogP contribution in [0.3, 0.4) is 0 Å². The minimum absolute atomic E-state index is 0.0240. The molecule has 21 unspecified atom stereocenters. The van der Waals surface area contributed by atoms with Crippen LogP contribution in [0.25, 0.3) is 0 Å². The number of aliphatic hydroxyl groups is 5. The van der Waals surface area contributed by atoms with Gasteiger partial charge in [0.25, 0.3) is 0 Å². The van der Waals surface area contributed by atoms with Crippen molar-refractivity contribution in [3.05, 3.63) is 11.6 Å². The standard InChI is InChI=1S/C43H66O15/c1-20-38(49)32(55-23(4)44)17-36(52-20)58-40-22(3)54-35(16-30(40)46)57-39-21(2)53-34(15-29(39)45)56-26-9-11-41(5)25(14-26)7-8-28-27(41)10-12-42(6)37(24-13-33(48)51-19-24)31(47)18-43(28,42)50/h13,20-22,25-32,34-40,45-47,49-50H,7-12,14-19H2,1-6H3. The third-order valence-electron chi connectivity index (χ3n) is 16.1. The van der Waals surface area contributed by atoms with E-state index in [0.29, 0.717) is 18.3 Å². The predicted octanol–water partition coefficient (Wildman–Crippen LogP) is 2.79. The summed E-state index contributed by atoms with van der Waals surface area (Å²) >= 11 is 0. The summed E-state index contributed by atoms with van der Waals surface area (Å²) in [5, 5.41) is 56.8. The largest absolute Gasteiger partial charge is 0.459 e. The Kier molecular flexibility index (Phi) is 12.0. The summed E-state index contributed by atoms with van der Waals surface area (Å²) in [5.41, 5.74) is -0.712. The van der Waals surface area contributed by atoms with E-state index in [1.54, 1.807) is 13.8 Å². The van der Waals surface area contributed by atoms with Crippen LogP contribution in [0.2, 0.25) is 0 Å². The number of carbonyl (C=O) groups is 2. The molecular weight excluding hydrogens is 756 g/mol. The van der Waals surface area contributed by atoms with E-state index >= 15 is 0 Å². The highest BCUT2D eigenvalue weighted by Crippen LogP contribution is 2.70. The van der Waals surface area contributed by atoms with E-state index < -0.39 is 96.9 Å². The molecule has 8 aliphatic rings. The van der Waals surface area contributed by atoms with E-state index in [1.165, 1.54) is 13.0 Å². The molecule has 4 aliphatic heterocycles. The summed E-state index contributed by atoms with van der Waals surface area (Å²) in [6.07, 6.45) is -1.40. The van der Waals surface area contributed by atoms with Gasteiger partial charge >= 0.3 is 11.9 Å². The van der Waals surface area contributed by atoms with Crippen LogP contribution in [-0.4, -0.2) is 136 Å². The molecule has 3 saturated heterocycles. The molecule has 4 heterocycles. The molecule has 0 bridgehead atoms. The molecular formula is C43H66O15. The number of esters is 2. The molecule has 0 amide bonds. The van der Waals surface area contributed by atoms with E-state index in [2.05, 4.69) is 13.8 Å².